The summed E-state index contributed by atoms with van der Waals surface area (Å²) in [5.74, 6) is 0.476. The zero-order valence-electron chi connectivity index (χ0n) is 23.3. The van der Waals surface area contributed by atoms with Crippen LogP contribution in [0.5, 0.6) is 5.75 Å². The molecule has 1 unspecified atom stereocenters. The molecule has 0 bridgehead atoms. The molecule has 3 heterocycles. The Morgan fingerprint density at radius 3 is 2.56 bits per heavy atom. The van der Waals surface area contributed by atoms with E-state index in [9.17, 15) is 9.59 Å². The van der Waals surface area contributed by atoms with Crippen molar-refractivity contribution in [3.8, 4) is 16.9 Å². The van der Waals surface area contributed by atoms with Crippen LogP contribution in [-0.2, 0) is 33.7 Å². The standard InChI is InChI=1S/C33H35NO5/c1-19-26(21-14-15-25-20(18-21)10-9-17-38-25)28(30(32(36)37-5)39-33(2,3)4)24-13-8-16-34-29(24)27(19)22-11-6-7-12-23(22)31(34)35/h6-7,11-12,14-15,18,30H,8-10,13,16-17H2,1-5H3. The van der Waals surface area contributed by atoms with Gasteiger partial charge in [-0.2, -0.15) is 0 Å². The summed E-state index contributed by atoms with van der Waals surface area (Å²) < 4.78 is 19.7. The van der Waals surface area contributed by atoms with E-state index < -0.39 is 17.7 Å². The highest BCUT2D eigenvalue weighted by Crippen LogP contribution is 2.46. The zero-order valence-corrected chi connectivity index (χ0v) is 23.3. The molecule has 39 heavy (non-hydrogen) atoms. The summed E-state index contributed by atoms with van der Waals surface area (Å²) in [6.07, 6.45) is 2.52. The maximum atomic E-state index is 13.7. The molecule has 2 aliphatic heterocycles. The van der Waals surface area contributed by atoms with Gasteiger partial charge in [-0.05, 0) is 105 Å². The monoisotopic (exact) mass is 525 g/mol. The van der Waals surface area contributed by atoms with Crippen LogP contribution in [0.2, 0.25) is 0 Å². The van der Waals surface area contributed by atoms with Crippen molar-refractivity contribution < 1.29 is 19.0 Å². The fraction of sp³-hybridized carbons (Fsp3) is 0.394. The molecule has 0 radical (unpaired) electrons. The van der Waals surface area contributed by atoms with Crippen LogP contribution in [0.4, 0.5) is 0 Å². The van der Waals surface area contributed by atoms with Gasteiger partial charge in [-0.3, -0.25) is 4.79 Å². The lowest BCUT2D eigenvalue weighted by molar-refractivity contribution is -0.164. The quantitative estimate of drug-likeness (QED) is 0.227. The van der Waals surface area contributed by atoms with E-state index in [4.69, 9.17) is 14.2 Å². The van der Waals surface area contributed by atoms with Gasteiger partial charge in [0.15, 0.2) is 6.10 Å². The van der Waals surface area contributed by atoms with E-state index in [1.807, 2.05) is 55.7 Å². The van der Waals surface area contributed by atoms with E-state index >= 15 is 0 Å². The van der Waals surface area contributed by atoms with Crippen LogP contribution in [-0.4, -0.2) is 29.9 Å². The van der Waals surface area contributed by atoms with E-state index in [1.165, 1.54) is 12.7 Å². The van der Waals surface area contributed by atoms with Crippen LogP contribution in [0.1, 0.15) is 62.0 Å². The van der Waals surface area contributed by atoms with Gasteiger partial charge in [0.25, 0.3) is 5.56 Å². The zero-order chi connectivity index (χ0) is 27.5. The molecule has 0 aliphatic carbocycles. The Bertz CT molecular complexity index is 1690. The Labute approximate surface area is 228 Å². The number of esters is 1. The number of nitrogens with zero attached hydrogens (tertiary/aromatic N) is 1. The predicted molar refractivity (Wildman–Crippen MR) is 154 cm³/mol. The van der Waals surface area contributed by atoms with E-state index in [0.29, 0.717) is 11.9 Å². The van der Waals surface area contributed by atoms with Crippen LogP contribution in [0, 0.1) is 6.92 Å². The molecular formula is C33H35NO5. The number of ether oxygens (including phenoxy) is 3. The van der Waals surface area contributed by atoms with Gasteiger partial charge in [0.2, 0.25) is 0 Å². The number of hydrogen-bond acceptors (Lipinski definition) is 5. The molecule has 0 spiro atoms. The van der Waals surface area contributed by atoms with Crippen molar-refractivity contribution in [1.82, 2.24) is 4.57 Å². The molecule has 1 atom stereocenters. The normalized spacial score (nSPS) is 15.6. The van der Waals surface area contributed by atoms with Crippen molar-refractivity contribution in [1.29, 1.82) is 0 Å². The molecule has 6 nitrogen and oxygen atoms in total. The first-order valence-corrected chi connectivity index (χ1v) is 13.8. The van der Waals surface area contributed by atoms with Crippen LogP contribution in [0.15, 0.2) is 47.3 Å². The van der Waals surface area contributed by atoms with Crippen LogP contribution in [0.25, 0.3) is 32.8 Å². The number of benzene rings is 3. The van der Waals surface area contributed by atoms with Gasteiger partial charge >= 0.3 is 5.97 Å². The second-order valence-electron chi connectivity index (χ2n) is 11.6. The molecular weight excluding hydrogens is 490 g/mol. The molecule has 0 amide bonds. The molecule has 2 aliphatic rings. The Balaban J connectivity index is 1.80. The fourth-order valence-corrected chi connectivity index (χ4v) is 6.44. The number of hydrogen-bond donors (Lipinski definition) is 0. The Hall–Kier alpha value is -3.64. The minimum Gasteiger partial charge on any atom is -0.493 e. The molecule has 0 saturated carbocycles. The molecule has 4 aromatic rings. The topological polar surface area (TPSA) is 66.8 Å². The first kappa shape index (κ1) is 25.6. The van der Waals surface area contributed by atoms with Gasteiger partial charge in [-0.15, -0.1) is 0 Å². The van der Waals surface area contributed by atoms with Crippen molar-refractivity contribution in [2.45, 2.75) is 71.6 Å². The third kappa shape index (κ3) is 4.22. The first-order chi connectivity index (χ1) is 18.7. The Morgan fingerprint density at radius 2 is 1.82 bits per heavy atom. The maximum absolute atomic E-state index is 13.7. The molecule has 1 aromatic heterocycles. The molecule has 3 aromatic carbocycles. The van der Waals surface area contributed by atoms with E-state index in [0.717, 1.165) is 82.1 Å². The number of rotatable bonds is 4. The fourth-order valence-electron chi connectivity index (χ4n) is 6.44. The average molecular weight is 526 g/mol. The molecule has 202 valence electrons. The Kier molecular flexibility index (Phi) is 6.26. The van der Waals surface area contributed by atoms with E-state index in [-0.39, 0.29) is 5.56 Å². The van der Waals surface area contributed by atoms with Gasteiger partial charge < -0.3 is 18.8 Å². The molecule has 0 saturated heterocycles. The summed E-state index contributed by atoms with van der Waals surface area (Å²) in [4.78, 5) is 27.2. The lowest BCUT2D eigenvalue weighted by atomic mass is 9.81. The first-order valence-electron chi connectivity index (χ1n) is 13.8. The Morgan fingerprint density at radius 1 is 1.05 bits per heavy atom. The number of carbonyl (C=O) groups excluding carboxylic acids is 1. The van der Waals surface area contributed by atoms with Crippen LogP contribution < -0.4 is 10.3 Å². The van der Waals surface area contributed by atoms with Crippen molar-refractivity contribution in [3.63, 3.8) is 0 Å². The highest BCUT2D eigenvalue weighted by atomic mass is 16.6. The number of aryl methyl sites for hydroxylation is 4. The third-order valence-corrected chi connectivity index (χ3v) is 7.96. The molecule has 0 N–H and O–H groups in total. The van der Waals surface area contributed by atoms with Gasteiger partial charge in [-0.1, -0.05) is 24.3 Å². The number of methoxy groups -OCH3 is 1. The maximum Gasteiger partial charge on any atom is 0.339 e. The van der Waals surface area contributed by atoms with Gasteiger partial charge in [0.05, 0.1) is 24.8 Å². The summed E-state index contributed by atoms with van der Waals surface area (Å²) in [6.45, 7) is 9.31. The molecule has 0 fully saturated rings. The van der Waals surface area contributed by atoms with Crippen molar-refractivity contribution in [2.75, 3.05) is 13.7 Å². The lowest BCUT2D eigenvalue weighted by Crippen LogP contribution is -2.31. The number of pyridine rings is 1. The van der Waals surface area contributed by atoms with Crippen molar-refractivity contribution in [2.24, 2.45) is 0 Å². The van der Waals surface area contributed by atoms with Crippen molar-refractivity contribution in [3.05, 3.63) is 75.1 Å². The lowest BCUT2D eigenvalue weighted by Gasteiger charge is -2.33. The molecule has 6 heteroatoms. The summed E-state index contributed by atoms with van der Waals surface area (Å²) >= 11 is 0. The predicted octanol–water partition coefficient (Wildman–Crippen LogP) is 6.43. The van der Waals surface area contributed by atoms with Crippen molar-refractivity contribution >= 4 is 27.6 Å². The second-order valence-corrected chi connectivity index (χ2v) is 11.6. The number of aromatic nitrogens is 1. The summed E-state index contributed by atoms with van der Waals surface area (Å²) in [6, 6.07) is 14.2. The second kappa shape index (κ2) is 9.53. The van der Waals surface area contributed by atoms with Crippen LogP contribution >= 0.6 is 0 Å². The summed E-state index contributed by atoms with van der Waals surface area (Å²) in [5.41, 5.74) is 6.30. The highest BCUT2D eigenvalue weighted by molar-refractivity contribution is 6.11. The van der Waals surface area contributed by atoms with E-state index in [1.54, 1.807) is 0 Å². The number of fused-ring (bicyclic) bond motifs is 3. The number of carbonyl (C=O) groups is 1. The smallest absolute Gasteiger partial charge is 0.339 e. The largest absolute Gasteiger partial charge is 0.493 e. The SMILES string of the molecule is COC(=O)C(OC(C)(C)C)c1c(-c2ccc3c(c2)CCCO3)c(C)c2c3ccccc3c(=O)n3c2c1CCC3. The van der Waals surface area contributed by atoms with Gasteiger partial charge in [0, 0.05) is 22.9 Å². The van der Waals surface area contributed by atoms with Gasteiger partial charge in [0.1, 0.15) is 5.75 Å². The minimum absolute atomic E-state index is 0.00874. The minimum atomic E-state index is -0.941. The summed E-state index contributed by atoms with van der Waals surface area (Å²) in [5, 5.41) is 2.72. The van der Waals surface area contributed by atoms with E-state index in [2.05, 4.69) is 19.1 Å². The summed E-state index contributed by atoms with van der Waals surface area (Å²) in [7, 11) is 1.40. The van der Waals surface area contributed by atoms with Crippen LogP contribution in [0.3, 0.4) is 0 Å². The average Bonchev–Trinajstić information content (AvgIpc) is 2.93. The molecule has 6 rings (SSSR count). The van der Waals surface area contributed by atoms with Gasteiger partial charge in [-0.25, -0.2) is 4.79 Å². The highest BCUT2D eigenvalue weighted by Gasteiger charge is 2.36. The third-order valence-electron chi connectivity index (χ3n) is 7.96.